The van der Waals surface area contributed by atoms with Crippen molar-refractivity contribution in [2.24, 2.45) is 11.8 Å². The first kappa shape index (κ1) is 25.3. The molecule has 194 valence electrons. The predicted molar refractivity (Wildman–Crippen MR) is 130 cm³/mol. The zero-order valence-electron chi connectivity index (χ0n) is 19.9. The van der Waals surface area contributed by atoms with Crippen LogP contribution in [0.1, 0.15) is 28.5 Å². The van der Waals surface area contributed by atoms with E-state index in [2.05, 4.69) is 10.00 Å². The molecule has 1 amide bonds. The third-order valence-corrected chi connectivity index (χ3v) is 6.99. The standard InChI is InChI=1S/C26H24ClF3N4O3/c1-16(35)24-23(26(28,29)30)15-34(31-24)25(36)33-13-18-11-32(12-19(18)14-33)10-17-3-2-4-22(9-17)37-21-7-5-20(27)6-8-21/h2-9,15,18-19H,10-14H2,1H3. The van der Waals surface area contributed by atoms with Gasteiger partial charge >= 0.3 is 12.2 Å². The van der Waals surface area contributed by atoms with E-state index in [-0.39, 0.29) is 11.8 Å². The van der Waals surface area contributed by atoms with Gasteiger partial charge in [0, 0.05) is 50.9 Å². The number of nitrogens with zero attached hydrogens (tertiary/aromatic N) is 4. The molecular weight excluding hydrogens is 509 g/mol. The summed E-state index contributed by atoms with van der Waals surface area (Å²) in [5.74, 6) is 0.996. The Morgan fingerprint density at radius 2 is 1.70 bits per heavy atom. The fourth-order valence-corrected chi connectivity index (χ4v) is 5.19. The highest BCUT2D eigenvalue weighted by Crippen LogP contribution is 2.34. The fourth-order valence-electron chi connectivity index (χ4n) is 5.06. The van der Waals surface area contributed by atoms with Crippen LogP contribution in [0.4, 0.5) is 18.0 Å². The number of halogens is 4. The number of fused-ring (bicyclic) bond motifs is 1. The van der Waals surface area contributed by atoms with Gasteiger partial charge in [-0.3, -0.25) is 9.69 Å². The van der Waals surface area contributed by atoms with E-state index in [1.807, 2.05) is 24.3 Å². The lowest BCUT2D eigenvalue weighted by molar-refractivity contribution is -0.137. The van der Waals surface area contributed by atoms with Gasteiger partial charge in [0.15, 0.2) is 5.78 Å². The molecule has 0 radical (unpaired) electrons. The maximum Gasteiger partial charge on any atom is 0.420 e. The average molecular weight is 533 g/mol. The number of ketones is 1. The Labute approximate surface area is 216 Å². The lowest BCUT2D eigenvalue weighted by atomic mass is 10.0. The largest absolute Gasteiger partial charge is 0.457 e. The molecule has 2 aliphatic heterocycles. The van der Waals surface area contributed by atoms with Crippen LogP contribution in [0.15, 0.2) is 54.7 Å². The van der Waals surface area contributed by atoms with Gasteiger partial charge in [-0.2, -0.15) is 23.0 Å². The number of benzene rings is 2. The summed E-state index contributed by atoms with van der Waals surface area (Å²) in [5.41, 5.74) is -0.845. The van der Waals surface area contributed by atoms with Crippen molar-refractivity contribution in [1.29, 1.82) is 0 Å². The van der Waals surface area contributed by atoms with E-state index in [9.17, 15) is 22.8 Å². The summed E-state index contributed by atoms with van der Waals surface area (Å²) in [4.78, 5) is 28.3. The highest BCUT2D eigenvalue weighted by Gasteiger charge is 2.43. The molecular formula is C26H24ClF3N4O3. The molecule has 0 saturated carbocycles. The van der Waals surface area contributed by atoms with Crippen molar-refractivity contribution in [2.45, 2.75) is 19.6 Å². The zero-order chi connectivity index (χ0) is 26.3. The minimum Gasteiger partial charge on any atom is -0.457 e. The van der Waals surface area contributed by atoms with Crippen molar-refractivity contribution in [3.05, 3.63) is 76.6 Å². The SMILES string of the molecule is CC(=O)c1nn(C(=O)N2CC3CN(Cc4cccc(Oc5ccc(Cl)cc5)c4)CC3C2)cc1C(F)(F)F. The first-order valence-electron chi connectivity index (χ1n) is 11.8. The third kappa shape index (κ3) is 5.50. The Balaban J connectivity index is 1.19. The average Bonchev–Trinajstić information content (AvgIpc) is 3.54. The van der Waals surface area contributed by atoms with E-state index in [1.54, 1.807) is 24.3 Å². The number of rotatable bonds is 5. The summed E-state index contributed by atoms with van der Waals surface area (Å²) in [5, 5.41) is 4.29. The van der Waals surface area contributed by atoms with Crippen LogP contribution >= 0.6 is 11.6 Å². The van der Waals surface area contributed by atoms with Gasteiger partial charge in [0.1, 0.15) is 22.8 Å². The van der Waals surface area contributed by atoms with Gasteiger partial charge in [-0.05, 0) is 53.8 Å². The van der Waals surface area contributed by atoms with Gasteiger partial charge in [-0.25, -0.2) is 4.79 Å². The molecule has 2 unspecified atom stereocenters. The van der Waals surface area contributed by atoms with Crippen LogP contribution in [-0.2, 0) is 12.7 Å². The van der Waals surface area contributed by atoms with Crippen LogP contribution in [0.5, 0.6) is 11.5 Å². The van der Waals surface area contributed by atoms with E-state index < -0.39 is 29.2 Å². The molecule has 7 nitrogen and oxygen atoms in total. The summed E-state index contributed by atoms with van der Waals surface area (Å²) in [6.07, 6.45) is -4.16. The topological polar surface area (TPSA) is 67.7 Å². The molecule has 3 aromatic rings. The Hall–Kier alpha value is -3.37. The highest BCUT2D eigenvalue weighted by atomic mass is 35.5. The predicted octanol–water partition coefficient (Wildman–Crippen LogP) is 5.58. The van der Waals surface area contributed by atoms with E-state index in [4.69, 9.17) is 16.3 Å². The molecule has 1 aromatic heterocycles. The maximum atomic E-state index is 13.3. The number of hydrogen-bond acceptors (Lipinski definition) is 5. The van der Waals surface area contributed by atoms with Crippen molar-refractivity contribution in [3.8, 4) is 11.5 Å². The van der Waals surface area contributed by atoms with Crippen molar-refractivity contribution in [2.75, 3.05) is 26.2 Å². The number of likely N-dealkylation sites (tertiary alicyclic amines) is 2. The van der Waals surface area contributed by atoms with Crippen molar-refractivity contribution in [1.82, 2.24) is 19.6 Å². The van der Waals surface area contributed by atoms with Gasteiger partial charge in [-0.1, -0.05) is 23.7 Å². The monoisotopic (exact) mass is 532 g/mol. The first-order chi connectivity index (χ1) is 17.6. The van der Waals surface area contributed by atoms with Gasteiger partial charge in [0.25, 0.3) is 0 Å². The molecule has 2 saturated heterocycles. The van der Waals surface area contributed by atoms with Crippen LogP contribution in [0.25, 0.3) is 0 Å². The minimum absolute atomic E-state index is 0.211. The molecule has 5 rings (SSSR count). The second-order valence-corrected chi connectivity index (χ2v) is 9.93. The van der Waals surface area contributed by atoms with Crippen LogP contribution in [0, 0.1) is 11.8 Å². The highest BCUT2D eigenvalue weighted by molar-refractivity contribution is 6.30. The molecule has 0 bridgehead atoms. The number of alkyl halides is 3. The number of amides is 1. The van der Waals surface area contributed by atoms with Gasteiger partial charge in [-0.15, -0.1) is 0 Å². The summed E-state index contributed by atoms with van der Waals surface area (Å²) in [6, 6.07) is 14.3. The summed E-state index contributed by atoms with van der Waals surface area (Å²) >= 11 is 5.93. The lowest BCUT2D eigenvalue weighted by Crippen LogP contribution is -2.36. The maximum absolute atomic E-state index is 13.3. The number of hydrogen-bond donors (Lipinski definition) is 0. The molecule has 0 aliphatic carbocycles. The molecule has 0 N–H and O–H groups in total. The Bertz CT molecular complexity index is 1310. The molecule has 2 aromatic carbocycles. The first-order valence-corrected chi connectivity index (χ1v) is 12.2. The third-order valence-electron chi connectivity index (χ3n) is 6.74. The van der Waals surface area contributed by atoms with E-state index in [0.29, 0.717) is 34.7 Å². The van der Waals surface area contributed by atoms with Crippen molar-refractivity contribution < 1.29 is 27.5 Å². The Kier molecular flexibility index (Phi) is 6.72. The number of ether oxygens (including phenoxy) is 1. The fraction of sp³-hybridized carbons (Fsp3) is 0.346. The molecule has 2 fully saturated rings. The number of carbonyl (C=O) groups is 2. The van der Waals surface area contributed by atoms with Gasteiger partial charge in [0.2, 0.25) is 0 Å². The number of carbonyl (C=O) groups excluding carboxylic acids is 2. The second kappa shape index (κ2) is 9.83. The van der Waals surface area contributed by atoms with Crippen LogP contribution in [0.2, 0.25) is 5.02 Å². The smallest absolute Gasteiger partial charge is 0.420 e. The molecule has 2 atom stereocenters. The van der Waals surface area contributed by atoms with Crippen LogP contribution in [0.3, 0.4) is 0 Å². The minimum atomic E-state index is -4.77. The van der Waals surface area contributed by atoms with Crippen molar-refractivity contribution in [3.63, 3.8) is 0 Å². The second-order valence-electron chi connectivity index (χ2n) is 9.50. The van der Waals surface area contributed by atoms with E-state index in [0.717, 1.165) is 37.9 Å². The lowest BCUT2D eigenvalue weighted by Gasteiger charge is -2.21. The van der Waals surface area contributed by atoms with Gasteiger partial charge in [0.05, 0.1) is 0 Å². The Morgan fingerprint density at radius 1 is 1.03 bits per heavy atom. The van der Waals surface area contributed by atoms with Gasteiger partial charge < -0.3 is 9.64 Å². The summed E-state index contributed by atoms with van der Waals surface area (Å²) in [6.45, 7) is 4.10. The van der Waals surface area contributed by atoms with E-state index >= 15 is 0 Å². The normalized spacial score (nSPS) is 19.8. The summed E-state index contributed by atoms with van der Waals surface area (Å²) in [7, 11) is 0. The molecule has 37 heavy (non-hydrogen) atoms. The quantitative estimate of drug-likeness (QED) is 0.401. The molecule has 11 heteroatoms. The zero-order valence-corrected chi connectivity index (χ0v) is 20.7. The van der Waals surface area contributed by atoms with Crippen LogP contribution in [-0.4, -0.2) is 57.6 Å². The molecule has 0 spiro atoms. The Morgan fingerprint density at radius 3 is 2.30 bits per heavy atom. The summed E-state index contributed by atoms with van der Waals surface area (Å²) < 4.78 is 46.4. The van der Waals surface area contributed by atoms with Crippen LogP contribution < -0.4 is 4.74 Å². The number of Topliss-reactive ketones (excluding diaryl/α,β-unsaturated/α-hetero) is 1. The van der Waals surface area contributed by atoms with Crippen molar-refractivity contribution >= 4 is 23.4 Å². The molecule has 3 heterocycles. The van der Waals surface area contributed by atoms with E-state index in [1.165, 1.54) is 4.90 Å². The molecule has 2 aliphatic rings. The number of aromatic nitrogens is 2.